The number of nitrogens with one attached hydrogen (secondary N) is 1. The molecule has 0 aliphatic heterocycles. The Hall–Kier alpha value is -2.18. The van der Waals surface area contributed by atoms with Gasteiger partial charge < -0.3 is 19.6 Å². The molecule has 2 rings (SSSR count). The van der Waals surface area contributed by atoms with Gasteiger partial charge in [-0.05, 0) is 12.1 Å². The molecule has 21 heavy (non-hydrogen) atoms. The Balaban J connectivity index is 2.16. The number of ether oxygens (including phenoxy) is 3. The summed E-state index contributed by atoms with van der Waals surface area (Å²) in [6, 6.07) is 8.65. The second-order valence-corrected chi connectivity index (χ2v) is 4.51. The van der Waals surface area contributed by atoms with E-state index in [4.69, 9.17) is 31.7 Å². The van der Waals surface area contributed by atoms with Crippen LogP contribution in [0.5, 0.6) is 17.2 Å². The first-order valence-electron chi connectivity index (χ1n) is 6.14. The number of benzene rings is 1. The molecular weight excluding hydrogens is 294 g/mol. The molecule has 112 valence electrons. The van der Waals surface area contributed by atoms with Crippen LogP contribution < -0.4 is 25.5 Å². The number of nitrogens with zero attached hydrogens (tertiary/aromatic N) is 1. The molecule has 0 fully saturated rings. The molecule has 3 N–H and O–H groups in total. The van der Waals surface area contributed by atoms with Crippen molar-refractivity contribution >= 4 is 17.4 Å². The summed E-state index contributed by atoms with van der Waals surface area (Å²) >= 11 is 6.08. The Labute approximate surface area is 127 Å². The summed E-state index contributed by atoms with van der Waals surface area (Å²) in [5.74, 6) is 7.71. The van der Waals surface area contributed by atoms with Gasteiger partial charge in [0.25, 0.3) is 0 Å². The predicted molar refractivity (Wildman–Crippen MR) is 80.9 cm³/mol. The lowest BCUT2D eigenvalue weighted by atomic mass is 10.3. The van der Waals surface area contributed by atoms with Crippen LogP contribution in [0.3, 0.4) is 0 Å². The minimum Gasteiger partial charge on any atom is -0.496 e. The van der Waals surface area contributed by atoms with E-state index in [2.05, 4.69) is 10.4 Å². The monoisotopic (exact) mass is 309 g/mol. The normalized spacial score (nSPS) is 10.1. The van der Waals surface area contributed by atoms with Crippen molar-refractivity contribution in [3.05, 3.63) is 41.0 Å². The Morgan fingerprint density at radius 3 is 2.29 bits per heavy atom. The second-order valence-electron chi connectivity index (χ2n) is 4.11. The average molecular weight is 310 g/mol. The zero-order valence-corrected chi connectivity index (χ0v) is 12.5. The third-order valence-corrected chi connectivity index (χ3v) is 3.11. The molecule has 1 heterocycles. The van der Waals surface area contributed by atoms with Crippen molar-refractivity contribution in [3.8, 4) is 17.2 Å². The van der Waals surface area contributed by atoms with E-state index in [0.29, 0.717) is 33.8 Å². The highest BCUT2D eigenvalue weighted by atomic mass is 35.5. The van der Waals surface area contributed by atoms with Crippen LogP contribution in [0.25, 0.3) is 0 Å². The smallest absolute Gasteiger partial charge is 0.140 e. The molecule has 6 nitrogen and oxygen atoms in total. The molecule has 0 unspecified atom stereocenters. The number of halogens is 1. The molecule has 0 bridgehead atoms. The number of hydrogen-bond donors (Lipinski definition) is 2. The van der Waals surface area contributed by atoms with E-state index in [1.54, 1.807) is 44.6 Å². The lowest BCUT2D eigenvalue weighted by molar-refractivity contribution is 0.296. The maximum absolute atomic E-state index is 6.08. The molecule has 0 saturated carbocycles. The van der Waals surface area contributed by atoms with Crippen LogP contribution >= 0.6 is 11.6 Å². The van der Waals surface area contributed by atoms with Crippen LogP contribution in [0.4, 0.5) is 5.82 Å². The zero-order valence-electron chi connectivity index (χ0n) is 11.7. The summed E-state index contributed by atoms with van der Waals surface area (Å²) < 4.78 is 16.0. The van der Waals surface area contributed by atoms with Gasteiger partial charge in [-0.25, -0.2) is 10.8 Å². The quantitative estimate of drug-likeness (QED) is 0.631. The number of hydrazine groups is 1. The third kappa shape index (κ3) is 3.90. The predicted octanol–water partition coefficient (Wildman–Crippen LogP) is 2.62. The molecule has 0 atom stereocenters. The van der Waals surface area contributed by atoms with Crippen LogP contribution in [0.2, 0.25) is 5.02 Å². The van der Waals surface area contributed by atoms with Crippen molar-refractivity contribution in [3.63, 3.8) is 0 Å². The first kappa shape index (κ1) is 15.2. The van der Waals surface area contributed by atoms with Gasteiger partial charge in [-0.15, -0.1) is 0 Å². The van der Waals surface area contributed by atoms with Crippen molar-refractivity contribution in [2.45, 2.75) is 6.61 Å². The topological polar surface area (TPSA) is 78.6 Å². The second kappa shape index (κ2) is 7.01. The highest BCUT2D eigenvalue weighted by molar-refractivity contribution is 6.31. The van der Waals surface area contributed by atoms with Crippen molar-refractivity contribution in [1.82, 2.24) is 4.98 Å². The molecule has 0 saturated heterocycles. The molecular formula is C14H16ClN3O3. The Morgan fingerprint density at radius 2 is 1.71 bits per heavy atom. The van der Waals surface area contributed by atoms with Gasteiger partial charge >= 0.3 is 0 Å². The number of nitrogens with two attached hydrogens (primary N) is 1. The number of methoxy groups -OCH3 is 2. The lowest BCUT2D eigenvalue weighted by Crippen LogP contribution is -2.10. The maximum Gasteiger partial charge on any atom is 0.140 e. The minimum atomic E-state index is 0.199. The fourth-order valence-corrected chi connectivity index (χ4v) is 1.84. The van der Waals surface area contributed by atoms with Gasteiger partial charge in [-0.1, -0.05) is 11.6 Å². The average Bonchev–Trinajstić information content (AvgIpc) is 2.53. The number of aromatic nitrogens is 1. The fraction of sp³-hybridized carbons (Fsp3) is 0.214. The van der Waals surface area contributed by atoms with Crippen LogP contribution in [0, 0.1) is 0 Å². The van der Waals surface area contributed by atoms with Crippen LogP contribution in [-0.2, 0) is 6.61 Å². The number of anilines is 1. The van der Waals surface area contributed by atoms with Crippen molar-refractivity contribution in [2.75, 3.05) is 19.6 Å². The number of pyridine rings is 1. The van der Waals surface area contributed by atoms with E-state index in [0.717, 1.165) is 0 Å². The first-order chi connectivity index (χ1) is 10.2. The molecule has 0 radical (unpaired) electrons. The fourth-order valence-electron chi connectivity index (χ4n) is 1.68. The largest absolute Gasteiger partial charge is 0.496 e. The summed E-state index contributed by atoms with van der Waals surface area (Å²) in [7, 11) is 3.15. The van der Waals surface area contributed by atoms with Crippen molar-refractivity contribution in [2.24, 2.45) is 5.84 Å². The summed E-state index contributed by atoms with van der Waals surface area (Å²) in [6.07, 6.45) is 0. The molecule has 0 aliphatic rings. The molecule has 0 aliphatic carbocycles. The molecule has 2 aromatic rings. The van der Waals surface area contributed by atoms with E-state index in [1.165, 1.54) is 0 Å². The molecule has 0 amide bonds. The van der Waals surface area contributed by atoms with Crippen molar-refractivity contribution < 1.29 is 14.2 Å². The molecule has 0 spiro atoms. The number of nitrogen functional groups attached to an aromatic ring is 1. The Bertz CT molecular complexity index is 600. The van der Waals surface area contributed by atoms with Gasteiger partial charge in [-0.2, -0.15) is 0 Å². The first-order valence-corrected chi connectivity index (χ1v) is 6.52. The van der Waals surface area contributed by atoms with Crippen LogP contribution in [0.15, 0.2) is 30.3 Å². The molecule has 1 aromatic carbocycles. The van der Waals surface area contributed by atoms with Crippen LogP contribution in [0.1, 0.15) is 5.69 Å². The summed E-state index contributed by atoms with van der Waals surface area (Å²) in [4.78, 5) is 4.24. The summed E-state index contributed by atoms with van der Waals surface area (Å²) in [5.41, 5.74) is 3.04. The highest BCUT2D eigenvalue weighted by Crippen LogP contribution is 2.28. The minimum absolute atomic E-state index is 0.199. The molecule has 1 aromatic heterocycles. The Kier molecular flexibility index (Phi) is 5.08. The highest BCUT2D eigenvalue weighted by Gasteiger charge is 2.07. The van der Waals surface area contributed by atoms with Gasteiger partial charge in [0.05, 0.1) is 24.9 Å². The van der Waals surface area contributed by atoms with Gasteiger partial charge in [0.15, 0.2) is 0 Å². The van der Waals surface area contributed by atoms with E-state index < -0.39 is 0 Å². The van der Waals surface area contributed by atoms with E-state index in [-0.39, 0.29) is 6.61 Å². The summed E-state index contributed by atoms with van der Waals surface area (Å²) in [6.45, 7) is 0.199. The van der Waals surface area contributed by atoms with Gasteiger partial charge in [0.1, 0.15) is 29.7 Å². The van der Waals surface area contributed by atoms with Crippen molar-refractivity contribution in [1.29, 1.82) is 0 Å². The maximum atomic E-state index is 6.08. The molecule has 7 heteroatoms. The van der Waals surface area contributed by atoms with E-state index in [1.807, 2.05) is 0 Å². The lowest BCUT2D eigenvalue weighted by Gasteiger charge is -2.11. The van der Waals surface area contributed by atoms with Gasteiger partial charge in [-0.3, -0.25) is 0 Å². The third-order valence-electron chi connectivity index (χ3n) is 2.77. The zero-order chi connectivity index (χ0) is 15.2. The van der Waals surface area contributed by atoms with Crippen LogP contribution in [-0.4, -0.2) is 19.2 Å². The SMILES string of the molecule is COc1cc(OC)cc(OCc2nc(NN)ccc2Cl)c1. The van der Waals surface area contributed by atoms with E-state index >= 15 is 0 Å². The summed E-state index contributed by atoms with van der Waals surface area (Å²) in [5, 5.41) is 0.504. The van der Waals surface area contributed by atoms with Gasteiger partial charge in [0, 0.05) is 18.2 Å². The Morgan fingerprint density at radius 1 is 1.10 bits per heavy atom. The standard InChI is InChI=1S/C14H16ClN3O3/c1-19-9-5-10(20-2)7-11(6-9)21-8-13-12(15)3-4-14(17-13)18-16/h3-7H,8,16H2,1-2H3,(H,17,18). The number of hydrogen-bond acceptors (Lipinski definition) is 6. The van der Waals surface area contributed by atoms with Gasteiger partial charge in [0.2, 0.25) is 0 Å². The number of rotatable bonds is 6. The van der Waals surface area contributed by atoms with E-state index in [9.17, 15) is 0 Å².